The normalized spacial score (nSPS) is 11.1. The summed E-state index contributed by atoms with van der Waals surface area (Å²) in [5, 5.41) is 26.6. The van der Waals surface area contributed by atoms with Gasteiger partial charge in [-0.3, -0.25) is 25.7 Å². The molecule has 2 rings (SSSR count). The Bertz CT molecular complexity index is 765. The van der Waals surface area contributed by atoms with Gasteiger partial charge in [0.15, 0.2) is 0 Å². The smallest absolute Gasteiger partial charge is 0.271 e. The number of anilines is 1. The molecule has 0 unspecified atom stereocenters. The van der Waals surface area contributed by atoms with Crippen LogP contribution in [0.15, 0.2) is 53.6 Å². The van der Waals surface area contributed by atoms with E-state index in [2.05, 4.69) is 10.5 Å². The SMILES string of the molecule is CSC(=NNc1ccc([N+](=O)[O-])cc1[N+](=O)[O-])c1ccccc1. The van der Waals surface area contributed by atoms with E-state index in [0.717, 1.165) is 11.6 Å². The van der Waals surface area contributed by atoms with Crippen molar-refractivity contribution in [2.45, 2.75) is 0 Å². The van der Waals surface area contributed by atoms with Crippen molar-refractivity contribution in [3.05, 3.63) is 74.3 Å². The van der Waals surface area contributed by atoms with E-state index in [1.165, 1.54) is 23.9 Å². The van der Waals surface area contributed by atoms with Crippen molar-refractivity contribution in [1.82, 2.24) is 0 Å². The highest BCUT2D eigenvalue weighted by molar-refractivity contribution is 8.13. The number of benzene rings is 2. The lowest BCUT2D eigenvalue weighted by Crippen LogP contribution is -2.02. The highest BCUT2D eigenvalue weighted by atomic mass is 32.2. The molecule has 0 aliphatic rings. The van der Waals surface area contributed by atoms with Crippen LogP contribution in [0.3, 0.4) is 0 Å². The molecule has 0 fully saturated rings. The van der Waals surface area contributed by atoms with E-state index in [1.54, 1.807) is 0 Å². The van der Waals surface area contributed by atoms with E-state index in [4.69, 9.17) is 0 Å². The van der Waals surface area contributed by atoms with Gasteiger partial charge in [0.1, 0.15) is 10.7 Å². The third kappa shape index (κ3) is 4.04. The van der Waals surface area contributed by atoms with Crippen molar-refractivity contribution in [2.24, 2.45) is 5.10 Å². The Balaban J connectivity index is 2.33. The third-order valence-electron chi connectivity index (χ3n) is 2.88. The van der Waals surface area contributed by atoms with E-state index in [0.29, 0.717) is 5.04 Å². The number of hydrazone groups is 1. The topological polar surface area (TPSA) is 111 Å². The molecule has 0 heterocycles. The Morgan fingerprint density at radius 1 is 1.09 bits per heavy atom. The Morgan fingerprint density at radius 2 is 1.78 bits per heavy atom. The molecule has 2 aromatic rings. The third-order valence-corrected chi connectivity index (χ3v) is 3.59. The highest BCUT2D eigenvalue weighted by Crippen LogP contribution is 2.29. The van der Waals surface area contributed by atoms with Gasteiger partial charge in [-0.25, -0.2) is 0 Å². The summed E-state index contributed by atoms with van der Waals surface area (Å²) < 4.78 is 0. The monoisotopic (exact) mass is 332 g/mol. The van der Waals surface area contributed by atoms with Gasteiger partial charge < -0.3 is 0 Å². The van der Waals surface area contributed by atoms with E-state index in [-0.39, 0.29) is 11.4 Å². The van der Waals surface area contributed by atoms with Crippen LogP contribution in [0.2, 0.25) is 0 Å². The fraction of sp³-hybridized carbons (Fsp3) is 0.0714. The van der Waals surface area contributed by atoms with Crippen LogP contribution >= 0.6 is 11.8 Å². The lowest BCUT2D eigenvalue weighted by atomic mass is 10.2. The van der Waals surface area contributed by atoms with Crippen LogP contribution in [0.4, 0.5) is 17.1 Å². The number of nitrogens with zero attached hydrogens (tertiary/aromatic N) is 3. The van der Waals surface area contributed by atoms with Crippen molar-refractivity contribution in [1.29, 1.82) is 0 Å². The van der Waals surface area contributed by atoms with Crippen LogP contribution in [-0.4, -0.2) is 21.1 Å². The van der Waals surface area contributed by atoms with Crippen LogP contribution in [0, 0.1) is 20.2 Å². The Morgan fingerprint density at radius 3 is 2.35 bits per heavy atom. The number of hydrogen-bond donors (Lipinski definition) is 1. The predicted octanol–water partition coefficient (Wildman–Crippen LogP) is 3.64. The molecule has 0 saturated carbocycles. The van der Waals surface area contributed by atoms with E-state index in [9.17, 15) is 20.2 Å². The summed E-state index contributed by atoms with van der Waals surface area (Å²) in [7, 11) is 0. The molecule has 0 aliphatic heterocycles. The van der Waals surface area contributed by atoms with Gasteiger partial charge in [-0.15, -0.1) is 11.8 Å². The molecule has 0 radical (unpaired) electrons. The fourth-order valence-electron chi connectivity index (χ4n) is 1.80. The Labute approximate surface area is 135 Å². The molecule has 118 valence electrons. The van der Waals surface area contributed by atoms with Crippen molar-refractivity contribution in [3.8, 4) is 0 Å². The Hall–Kier alpha value is -2.94. The number of nitro groups is 2. The minimum absolute atomic E-state index is 0.0862. The maximum Gasteiger partial charge on any atom is 0.301 e. The zero-order valence-corrected chi connectivity index (χ0v) is 12.8. The molecule has 8 nitrogen and oxygen atoms in total. The standard InChI is InChI=1S/C14H12N4O4S/c1-23-14(10-5-3-2-4-6-10)16-15-12-8-7-11(17(19)20)9-13(12)18(21)22/h2-9,15H,1H3. The lowest BCUT2D eigenvalue weighted by molar-refractivity contribution is -0.393. The first kappa shape index (κ1) is 16.4. The molecule has 0 atom stereocenters. The van der Waals surface area contributed by atoms with Crippen LogP contribution < -0.4 is 5.43 Å². The van der Waals surface area contributed by atoms with Gasteiger partial charge in [-0.2, -0.15) is 5.10 Å². The minimum atomic E-state index is -0.688. The summed E-state index contributed by atoms with van der Waals surface area (Å²) in [6, 6.07) is 12.7. The first-order valence-electron chi connectivity index (χ1n) is 6.39. The number of nitro benzene ring substituents is 2. The first-order chi connectivity index (χ1) is 11.0. The van der Waals surface area contributed by atoms with Gasteiger partial charge >= 0.3 is 5.69 Å². The van der Waals surface area contributed by atoms with Gasteiger partial charge in [0.2, 0.25) is 0 Å². The molecule has 0 aromatic heterocycles. The molecular weight excluding hydrogens is 320 g/mol. The molecule has 0 spiro atoms. The number of non-ortho nitro benzene ring substituents is 1. The molecule has 0 aliphatic carbocycles. The number of hydrogen-bond acceptors (Lipinski definition) is 7. The predicted molar refractivity (Wildman–Crippen MR) is 89.9 cm³/mol. The van der Waals surface area contributed by atoms with Crippen molar-refractivity contribution < 1.29 is 9.85 Å². The number of thioether (sulfide) groups is 1. The van der Waals surface area contributed by atoms with Crippen LogP contribution in [0.25, 0.3) is 0 Å². The molecule has 2 aromatic carbocycles. The van der Waals surface area contributed by atoms with E-state index >= 15 is 0 Å². The quantitative estimate of drug-likeness (QED) is 0.387. The molecule has 9 heteroatoms. The van der Waals surface area contributed by atoms with Gasteiger partial charge in [-0.05, 0) is 12.3 Å². The lowest BCUT2D eigenvalue weighted by Gasteiger charge is -2.06. The van der Waals surface area contributed by atoms with Crippen LogP contribution in [-0.2, 0) is 0 Å². The zero-order chi connectivity index (χ0) is 16.8. The number of rotatable bonds is 5. The maximum atomic E-state index is 11.1. The van der Waals surface area contributed by atoms with Gasteiger partial charge in [0.25, 0.3) is 5.69 Å². The van der Waals surface area contributed by atoms with E-state index < -0.39 is 15.5 Å². The molecule has 23 heavy (non-hydrogen) atoms. The summed E-state index contributed by atoms with van der Waals surface area (Å²) in [5.41, 5.74) is 2.80. The molecular formula is C14H12N4O4S. The van der Waals surface area contributed by atoms with Gasteiger partial charge in [-0.1, -0.05) is 30.3 Å². The second-order valence-electron chi connectivity index (χ2n) is 4.31. The summed E-state index contributed by atoms with van der Waals surface area (Å²) in [4.78, 5) is 20.4. The van der Waals surface area contributed by atoms with Crippen molar-refractivity contribution in [2.75, 3.05) is 11.7 Å². The average Bonchev–Trinajstić information content (AvgIpc) is 2.56. The average molecular weight is 332 g/mol. The molecule has 0 bridgehead atoms. The van der Waals surface area contributed by atoms with Crippen LogP contribution in [0.5, 0.6) is 0 Å². The van der Waals surface area contributed by atoms with Crippen LogP contribution in [0.1, 0.15) is 5.56 Å². The second-order valence-corrected chi connectivity index (χ2v) is 5.11. The van der Waals surface area contributed by atoms with Crippen molar-refractivity contribution >= 4 is 33.9 Å². The first-order valence-corrected chi connectivity index (χ1v) is 7.61. The zero-order valence-electron chi connectivity index (χ0n) is 12.0. The summed E-state index contributed by atoms with van der Waals surface area (Å²) in [5.74, 6) is 0. The summed E-state index contributed by atoms with van der Waals surface area (Å²) >= 11 is 1.37. The summed E-state index contributed by atoms with van der Waals surface area (Å²) in [6.07, 6.45) is 1.83. The second kappa shape index (κ2) is 7.36. The summed E-state index contributed by atoms with van der Waals surface area (Å²) in [6.45, 7) is 0. The van der Waals surface area contributed by atoms with Gasteiger partial charge in [0.05, 0.1) is 15.9 Å². The highest BCUT2D eigenvalue weighted by Gasteiger charge is 2.19. The fourth-order valence-corrected chi connectivity index (χ4v) is 2.31. The Kier molecular flexibility index (Phi) is 5.26. The molecule has 1 N–H and O–H groups in total. The van der Waals surface area contributed by atoms with Gasteiger partial charge in [0, 0.05) is 11.6 Å². The van der Waals surface area contributed by atoms with E-state index in [1.807, 2.05) is 36.6 Å². The molecule has 0 amide bonds. The largest absolute Gasteiger partial charge is 0.301 e. The maximum absolute atomic E-state index is 11.1. The number of nitrogens with one attached hydrogen (secondary N) is 1. The molecule has 0 saturated heterocycles. The van der Waals surface area contributed by atoms with Crippen molar-refractivity contribution in [3.63, 3.8) is 0 Å². The minimum Gasteiger partial charge on any atom is -0.271 e.